The Morgan fingerprint density at radius 1 is 0.882 bits per heavy atom. The summed E-state index contributed by atoms with van der Waals surface area (Å²) in [5.41, 5.74) is 4.43. The van der Waals surface area contributed by atoms with E-state index in [1.807, 2.05) is 60.4 Å². The molecule has 3 aromatic rings. The minimum Gasteiger partial charge on any atom is -0.368 e. The highest BCUT2D eigenvalue weighted by molar-refractivity contribution is 6.36. The van der Waals surface area contributed by atoms with Crippen molar-refractivity contribution in [3.05, 3.63) is 87.9 Å². The number of nitrogens with one attached hydrogen (secondary N) is 2. The van der Waals surface area contributed by atoms with Crippen LogP contribution in [0.2, 0.25) is 10.0 Å². The minimum absolute atomic E-state index is 0.167. The molecule has 3 aromatic carbocycles. The highest BCUT2D eigenvalue weighted by Crippen LogP contribution is 2.26. The zero-order valence-electron chi connectivity index (χ0n) is 18.9. The number of halogens is 2. The van der Waals surface area contributed by atoms with Crippen LogP contribution in [-0.4, -0.2) is 43.0 Å². The fourth-order valence-electron chi connectivity index (χ4n) is 3.93. The second kappa shape index (κ2) is 10.8. The molecule has 8 heteroatoms. The number of hydrogen-bond donors (Lipinski definition) is 2. The van der Waals surface area contributed by atoms with Crippen molar-refractivity contribution in [1.29, 1.82) is 0 Å². The third kappa shape index (κ3) is 6.01. The molecule has 0 aliphatic carbocycles. The monoisotopic (exact) mass is 496 g/mol. The summed E-state index contributed by atoms with van der Waals surface area (Å²) in [7, 11) is 0. The van der Waals surface area contributed by atoms with E-state index in [4.69, 9.17) is 23.2 Å². The van der Waals surface area contributed by atoms with Gasteiger partial charge in [-0.25, -0.2) is 4.79 Å². The van der Waals surface area contributed by atoms with E-state index in [9.17, 15) is 9.59 Å². The van der Waals surface area contributed by atoms with Crippen LogP contribution >= 0.6 is 23.2 Å². The summed E-state index contributed by atoms with van der Waals surface area (Å²) in [6.07, 6.45) is 0.441. The summed E-state index contributed by atoms with van der Waals surface area (Å²) >= 11 is 12.0. The fourth-order valence-corrected chi connectivity index (χ4v) is 4.38. The van der Waals surface area contributed by atoms with Crippen molar-refractivity contribution in [3.63, 3.8) is 0 Å². The molecular weight excluding hydrogens is 471 g/mol. The van der Waals surface area contributed by atoms with Crippen molar-refractivity contribution in [2.45, 2.75) is 13.3 Å². The first-order valence-corrected chi connectivity index (χ1v) is 11.8. The lowest BCUT2D eigenvalue weighted by Gasteiger charge is -2.36. The molecular formula is C26H26Cl2N4O2. The number of aryl methyl sites for hydroxylation is 1. The number of urea groups is 1. The average molecular weight is 497 g/mol. The zero-order chi connectivity index (χ0) is 24.1. The second-order valence-electron chi connectivity index (χ2n) is 8.22. The molecule has 0 atom stereocenters. The predicted molar refractivity (Wildman–Crippen MR) is 139 cm³/mol. The van der Waals surface area contributed by atoms with E-state index >= 15 is 0 Å². The summed E-state index contributed by atoms with van der Waals surface area (Å²) < 4.78 is 0. The first-order chi connectivity index (χ1) is 16.4. The van der Waals surface area contributed by atoms with E-state index in [2.05, 4.69) is 15.5 Å². The third-order valence-electron chi connectivity index (χ3n) is 5.90. The maximum absolute atomic E-state index is 12.7. The van der Waals surface area contributed by atoms with Crippen molar-refractivity contribution in [1.82, 2.24) is 4.90 Å². The van der Waals surface area contributed by atoms with Gasteiger partial charge in [0, 0.05) is 42.6 Å². The highest BCUT2D eigenvalue weighted by Gasteiger charge is 2.21. The number of benzene rings is 3. The van der Waals surface area contributed by atoms with E-state index in [1.165, 1.54) is 0 Å². The van der Waals surface area contributed by atoms with Gasteiger partial charge in [0.05, 0.1) is 17.1 Å². The molecule has 1 heterocycles. The Morgan fingerprint density at radius 3 is 2.26 bits per heavy atom. The molecule has 0 spiro atoms. The van der Waals surface area contributed by atoms with Gasteiger partial charge in [-0.05, 0) is 60.5 Å². The molecule has 0 unspecified atom stereocenters. The Labute approximate surface area is 209 Å². The van der Waals surface area contributed by atoms with Crippen molar-refractivity contribution in [2.24, 2.45) is 0 Å². The van der Waals surface area contributed by atoms with Gasteiger partial charge in [0.15, 0.2) is 0 Å². The average Bonchev–Trinajstić information content (AvgIpc) is 2.83. The summed E-state index contributed by atoms with van der Waals surface area (Å²) in [4.78, 5) is 29.2. The van der Waals surface area contributed by atoms with Gasteiger partial charge in [-0.2, -0.15) is 0 Å². The van der Waals surface area contributed by atoms with Crippen LogP contribution in [0.1, 0.15) is 11.1 Å². The van der Waals surface area contributed by atoms with Crippen LogP contribution in [0, 0.1) is 6.92 Å². The molecule has 2 N–H and O–H groups in total. The Balaban J connectivity index is 1.27. The molecule has 34 heavy (non-hydrogen) atoms. The van der Waals surface area contributed by atoms with E-state index in [0.717, 1.165) is 29.9 Å². The Hall–Kier alpha value is -3.22. The van der Waals surface area contributed by atoms with Gasteiger partial charge in [-0.1, -0.05) is 47.5 Å². The number of anilines is 3. The topological polar surface area (TPSA) is 64.7 Å². The van der Waals surface area contributed by atoms with Gasteiger partial charge in [0.1, 0.15) is 0 Å². The predicted octanol–water partition coefficient (Wildman–Crippen LogP) is 5.84. The highest BCUT2D eigenvalue weighted by atomic mass is 35.5. The number of carbonyl (C=O) groups excluding carboxylic acids is 2. The Kier molecular flexibility index (Phi) is 7.60. The fraction of sp³-hybridized carbons (Fsp3) is 0.231. The van der Waals surface area contributed by atoms with Gasteiger partial charge in [0.2, 0.25) is 5.91 Å². The van der Waals surface area contributed by atoms with E-state index in [-0.39, 0.29) is 5.91 Å². The van der Waals surface area contributed by atoms with Crippen molar-refractivity contribution >= 4 is 52.2 Å². The lowest BCUT2D eigenvalue weighted by atomic mass is 10.1. The largest absolute Gasteiger partial charge is 0.368 e. The molecule has 4 rings (SSSR count). The van der Waals surface area contributed by atoms with Gasteiger partial charge in [-0.3, -0.25) is 4.79 Å². The van der Waals surface area contributed by atoms with Crippen LogP contribution in [-0.2, 0) is 11.2 Å². The summed E-state index contributed by atoms with van der Waals surface area (Å²) in [6.45, 7) is 4.95. The Bertz CT molecular complexity index is 1180. The molecule has 176 valence electrons. The van der Waals surface area contributed by atoms with Crippen molar-refractivity contribution in [3.8, 4) is 0 Å². The third-order valence-corrected chi connectivity index (χ3v) is 6.45. The van der Waals surface area contributed by atoms with Gasteiger partial charge in [0.25, 0.3) is 0 Å². The van der Waals surface area contributed by atoms with Gasteiger partial charge >= 0.3 is 6.03 Å². The van der Waals surface area contributed by atoms with E-state index < -0.39 is 6.03 Å². The summed E-state index contributed by atoms with van der Waals surface area (Å²) in [5.74, 6) is 0.167. The molecule has 0 radical (unpaired) electrons. The molecule has 1 fully saturated rings. The van der Waals surface area contributed by atoms with Gasteiger partial charge in [-0.15, -0.1) is 0 Å². The molecule has 0 aromatic heterocycles. The second-order valence-corrected chi connectivity index (χ2v) is 9.06. The number of amides is 3. The molecule has 0 saturated carbocycles. The number of hydrogen-bond acceptors (Lipinski definition) is 3. The normalized spacial score (nSPS) is 13.5. The maximum Gasteiger partial charge on any atom is 0.323 e. The summed E-state index contributed by atoms with van der Waals surface area (Å²) in [6, 6.07) is 20.2. The van der Waals surface area contributed by atoms with E-state index in [1.54, 1.807) is 18.2 Å². The maximum atomic E-state index is 12.7. The standard InChI is InChI=1S/C26H26Cl2N4O2/c1-18-4-2-3-5-19(18)16-25(33)32-14-12-31(13-15-32)22-9-7-21(8-10-22)29-26(34)30-24-11-6-20(27)17-23(24)28/h2-11,17H,12-16H2,1H3,(H2,29,30,34). The molecule has 0 bridgehead atoms. The van der Waals surface area contributed by atoms with Crippen molar-refractivity contribution < 1.29 is 9.59 Å². The first kappa shape index (κ1) is 23.9. The SMILES string of the molecule is Cc1ccccc1CC(=O)N1CCN(c2ccc(NC(=O)Nc3ccc(Cl)cc3Cl)cc2)CC1. The smallest absolute Gasteiger partial charge is 0.323 e. The molecule has 1 saturated heterocycles. The lowest BCUT2D eigenvalue weighted by molar-refractivity contribution is -0.130. The van der Waals surface area contributed by atoms with E-state index in [0.29, 0.717) is 40.9 Å². The number of piperazine rings is 1. The molecule has 1 aliphatic heterocycles. The number of nitrogens with zero attached hydrogens (tertiary/aromatic N) is 2. The Morgan fingerprint density at radius 2 is 1.59 bits per heavy atom. The van der Waals surface area contributed by atoms with Crippen molar-refractivity contribution in [2.75, 3.05) is 41.7 Å². The number of rotatable bonds is 5. The summed E-state index contributed by atoms with van der Waals surface area (Å²) in [5, 5.41) is 6.38. The van der Waals surface area contributed by atoms with Crippen LogP contribution < -0.4 is 15.5 Å². The molecule has 3 amide bonds. The van der Waals surface area contributed by atoms with Crippen LogP contribution in [0.25, 0.3) is 0 Å². The first-order valence-electron chi connectivity index (χ1n) is 11.1. The van der Waals surface area contributed by atoms with Crippen LogP contribution in [0.3, 0.4) is 0 Å². The minimum atomic E-state index is -0.391. The molecule has 1 aliphatic rings. The quantitative estimate of drug-likeness (QED) is 0.466. The van der Waals surface area contributed by atoms with Crippen LogP contribution in [0.5, 0.6) is 0 Å². The van der Waals surface area contributed by atoms with Crippen LogP contribution in [0.15, 0.2) is 66.7 Å². The molecule has 6 nitrogen and oxygen atoms in total. The van der Waals surface area contributed by atoms with Crippen LogP contribution in [0.4, 0.5) is 21.9 Å². The lowest BCUT2D eigenvalue weighted by Crippen LogP contribution is -2.49. The zero-order valence-corrected chi connectivity index (χ0v) is 20.4. The van der Waals surface area contributed by atoms with Gasteiger partial charge < -0.3 is 20.4 Å². The number of carbonyl (C=O) groups is 2.